The van der Waals surface area contributed by atoms with Gasteiger partial charge in [0.2, 0.25) is 0 Å². The van der Waals surface area contributed by atoms with Crippen molar-refractivity contribution in [2.45, 2.75) is 13.0 Å². The third-order valence-electron chi connectivity index (χ3n) is 4.65. The fourth-order valence-corrected chi connectivity index (χ4v) is 3.17. The van der Waals surface area contributed by atoms with E-state index in [9.17, 15) is 9.70 Å². The van der Waals surface area contributed by atoms with Gasteiger partial charge in [-0.1, -0.05) is 5.18 Å². The maximum Gasteiger partial charge on any atom is 0.261 e. The fraction of sp³-hybridized carbons (Fsp3) is 0.211. The molecule has 4 aromatic rings. The van der Waals surface area contributed by atoms with Crippen molar-refractivity contribution >= 4 is 16.7 Å². The van der Waals surface area contributed by atoms with Gasteiger partial charge in [0.25, 0.3) is 5.56 Å². The summed E-state index contributed by atoms with van der Waals surface area (Å²) in [4.78, 5) is 37.8. The summed E-state index contributed by atoms with van der Waals surface area (Å²) in [5.41, 5.74) is 3.87. The maximum atomic E-state index is 12.5. The Kier molecular flexibility index (Phi) is 4.92. The van der Waals surface area contributed by atoms with Crippen LogP contribution in [0.1, 0.15) is 5.56 Å². The molecule has 0 saturated carbocycles. The summed E-state index contributed by atoms with van der Waals surface area (Å²) in [6.07, 6.45) is 6.76. The van der Waals surface area contributed by atoms with Crippen LogP contribution in [0.2, 0.25) is 0 Å². The number of rotatable bonds is 7. The topological polar surface area (TPSA) is 141 Å². The van der Waals surface area contributed by atoms with Crippen LogP contribution in [0.3, 0.4) is 0 Å². The van der Waals surface area contributed by atoms with E-state index in [1.807, 2.05) is 29.8 Å². The monoisotopic (exact) mass is 393 g/mol. The van der Waals surface area contributed by atoms with E-state index < -0.39 is 6.04 Å². The molecule has 0 aliphatic carbocycles. The molecule has 0 aliphatic heterocycles. The molecule has 0 bridgehead atoms. The molecule has 0 fully saturated rings. The van der Waals surface area contributed by atoms with E-state index in [0.29, 0.717) is 17.1 Å². The number of nitrogens with one attached hydrogen (secondary N) is 3. The lowest BCUT2D eigenvalue weighted by Crippen LogP contribution is -2.23. The molecular weight excluding hydrogens is 374 g/mol. The molecule has 4 N–H and O–H groups in total. The van der Waals surface area contributed by atoms with E-state index in [1.54, 1.807) is 18.6 Å². The number of hydrogen-bond acceptors (Lipinski definition) is 7. The van der Waals surface area contributed by atoms with Crippen molar-refractivity contribution in [3.8, 4) is 17.1 Å². The number of benzene rings is 1. The van der Waals surface area contributed by atoms with Crippen molar-refractivity contribution in [1.82, 2.24) is 24.5 Å². The minimum Gasteiger partial charge on any atom is -0.394 e. The summed E-state index contributed by atoms with van der Waals surface area (Å²) in [6.45, 7) is 1.67. The van der Waals surface area contributed by atoms with E-state index in [-0.39, 0.29) is 18.7 Å². The summed E-state index contributed by atoms with van der Waals surface area (Å²) < 4.78 is 1.89. The lowest BCUT2D eigenvalue weighted by atomic mass is 10.2. The van der Waals surface area contributed by atoms with Gasteiger partial charge in [0, 0.05) is 30.8 Å². The summed E-state index contributed by atoms with van der Waals surface area (Å²) in [7, 11) is 0. The number of H-pyrrole nitrogens is 2. The van der Waals surface area contributed by atoms with E-state index in [1.165, 1.54) is 6.20 Å². The minimum atomic E-state index is -0.808. The van der Waals surface area contributed by atoms with Gasteiger partial charge in [-0.2, -0.15) is 4.91 Å². The zero-order chi connectivity index (χ0) is 20.4. The number of aryl methyl sites for hydroxylation is 1. The van der Waals surface area contributed by atoms with E-state index in [4.69, 9.17) is 5.11 Å². The molecule has 0 radical (unpaired) electrons. The minimum absolute atomic E-state index is 0.0977. The Hall–Kier alpha value is -3.79. The summed E-state index contributed by atoms with van der Waals surface area (Å²) in [5, 5.41) is 15.0. The molecule has 1 atom stereocenters. The Bertz CT molecular complexity index is 1210. The molecule has 1 aromatic carbocycles. The van der Waals surface area contributed by atoms with Crippen molar-refractivity contribution in [3.63, 3.8) is 0 Å². The highest BCUT2D eigenvalue weighted by molar-refractivity contribution is 5.86. The zero-order valence-electron chi connectivity index (χ0n) is 15.6. The first-order valence-electron chi connectivity index (χ1n) is 8.98. The van der Waals surface area contributed by atoms with Gasteiger partial charge >= 0.3 is 0 Å². The van der Waals surface area contributed by atoms with Crippen LogP contribution in [0.5, 0.6) is 0 Å². The third-order valence-corrected chi connectivity index (χ3v) is 4.65. The number of fused-ring (bicyclic) bond motifs is 1. The third kappa shape index (κ3) is 3.52. The fourth-order valence-electron chi connectivity index (χ4n) is 3.17. The number of nitrogens with zero attached hydrogens (tertiary/aromatic N) is 4. The van der Waals surface area contributed by atoms with Crippen LogP contribution in [0, 0.1) is 11.8 Å². The average molecular weight is 393 g/mol. The quantitative estimate of drug-likeness (QED) is 0.354. The Labute approximate surface area is 164 Å². The van der Waals surface area contributed by atoms with Gasteiger partial charge < -0.3 is 25.0 Å². The second-order valence-electron chi connectivity index (χ2n) is 6.63. The highest BCUT2D eigenvalue weighted by Gasteiger charge is 2.17. The number of aromatic amines is 2. The van der Waals surface area contributed by atoms with Crippen LogP contribution in [0.4, 0.5) is 5.69 Å². The van der Waals surface area contributed by atoms with Gasteiger partial charge in [-0.15, -0.1) is 0 Å². The van der Waals surface area contributed by atoms with Crippen molar-refractivity contribution in [3.05, 3.63) is 63.9 Å². The van der Waals surface area contributed by atoms with E-state index in [2.05, 4.69) is 30.4 Å². The highest BCUT2D eigenvalue weighted by atomic mass is 16.3. The van der Waals surface area contributed by atoms with Crippen LogP contribution < -0.4 is 10.9 Å². The summed E-state index contributed by atoms with van der Waals surface area (Å²) >= 11 is 0. The molecule has 3 aromatic heterocycles. The SMILES string of the molecule is Cc1cc(-n2ccnc2)cc2[nH]c(-c3c(NCC(CO)N=O)cc[nH]c3=O)nc12. The predicted molar refractivity (Wildman–Crippen MR) is 109 cm³/mol. The van der Waals surface area contributed by atoms with Gasteiger partial charge in [0.15, 0.2) is 0 Å². The summed E-state index contributed by atoms with van der Waals surface area (Å²) in [5.74, 6) is 0.398. The normalized spacial score (nSPS) is 12.2. The largest absolute Gasteiger partial charge is 0.394 e. The molecule has 10 heteroatoms. The van der Waals surface area contributed by atoms with Crippen LogP contribution in [0.15, 0.2) is 53.1 Å². The molecule has 0 amide bonds. The molecular formula is C19H19N7O3. The van der Waals surface area contributed by atoms with Gasteiger partial charge in [-0.05, 0) is 30.7 Å². The Morgan fingerprint density at radius 1 is 1.38 bits per heavy atom. The highest BCUT2D eigenvalue weighted by Crippen LogP contribution is 2.27. The first kappa shape index (κ1) is 18.6. The van der Waals surface area contributed by atoms with Crippen LogP contribution in [0.25, 0.3) is 28.1 Å². The second kappa shape index (κ2) is 7.68. The number of nitroso groups, excluding NO2 is 1. The lowest BCUT2D eigenvalue weighted by molar-refractivity contribution is 0.270. The predicted octanol–water partition coefficient (Wildman–Crippen LogP) is 1.95. The number of aliphatic hydroxyl groups excluding tert-OH is 1. The average Bonchev–Trinajstić information content (AvgIpc) is 3.39. The molecule has 0 spiro atoms. The van der Waals surface area contributed by atoms with Crippen molar-refractivity contribution < 1.29 is 5.11 Å². The molecule has 0 aliphatic rings. The van der Waals surface area contributed by atoms with Crippen molar-refractivity contribution in [2.24, 2.45) is 5.18 Å². The van der Waals surface area contributed by atoms with Gasteiger partial charge in [-0.25, -0.2) is 9.97 Å². The first-order chi connectivity index (χ1) is 14.1. The van der Waals surface area contributed by atoms with Gasteiger partial charge in [0.1, 0.15) is 17.4 Å². The lowest BCUT2D eigenvalue weighted by Gasteiger charge is -2.11. The molecule has 10 nitrogen and oxygen atoms in total. The number of pyridine rings is 1. The smallest absolute Gasteiger partial charge is 0.261 e. The van der Waals surface area contributed by atoms with Crippen LogP contribution in [-0.4, -0.2) is 48.8 Å². The summed E-state index contributed by atoms with van der Waals surface area (Å²) in [6, 6.07) is 4.79. The molecule has 3 heterocycles. The maximum absolute atomic E-state index is 12.5. The Morgan fingerprint density at radius 2 is 2.24 bits per heavy atom. The molecule has 148 valence electrons. The van der Waals surface area contributed by atoms with Gasteiger partial charge in [-0.3, -0.25) is 4.79 Å². The Morgan fingerprint density at radius 3 is 2.97 bits per heavy atom. The van der Waals surface area contributed by atoms with Crippen molar-refractivity contribution in [2.75, 3.05) is 18.5 Å². The first-order valence-corrected chi connectivity index (χ1v) is 8.98. The molecule has 1 unspecified atom stereocenters. The van der Waals surface area contributed by atoms with E-state index in [0.717, 1.165) is 22.3 Å². The van der Waals surface area contributed by atoms with Gasteiger partial charge in [0.05, 0.1) is 29.7 Å². The molecule has 0 saturated heterocycles. The molecule has 29 heavy (non-hydrogen) atoms. The number of aromatic nitrogens is 5. The standard InChI is InChI=1S/C19H19N7O3/c1-11-6-13(26-5-4-20-10-26)7-15-17(11)24-18(23-15)16-14(2-3-21-19(16)28)22-8-12(9-27)25-29/h2-7,10,12,27H,8-9H2,1H3,(H,23,24)(H2,21,22,28). The zero-order valence-corrected chi connectivity index (χ0v) is 15.6. The van der Waals surface area contributed by atoms with E-state index >= 15 is 0 Å². The second-order valence-corrected chi connectivity index (χ2v) is 6.63. The number of hydrogen-bond donors (Lipinski definition) is 4. The Balaban J connectivity index is 1.78. The van der Waals surface area contributed by atoms with Crippen LogP contribution >= 0.6 is 0 Å². The number of imidazole rings is 2. The van der Waals surface area contributed by atoms with Crippen molar-refractivity contribution in [1.29, 1.82) is 0 Å². The van der Waals surface area contributed by atoms with Crippen LogP contribution in [-0.2, 0) is 0 Å². The number of aliphatic hydroxyl groups is 1. The molecule has 4 rings (SSSR count). The number of anilines is 1.